The zero-order valence-electron chi connectivity index (χ0n) is 16.6. The molecule has 4 aromatic rings. The number of benzene rings is 2. The molecule has 0 bridgehead atoms. The molecule has 154 valence electrons. The summed E-state index contributed by atoms with van der Waals surface area (Å²) in [5.74, 6) is 0. The molecule has 4 rings (SSSR count). The smallest absolute Gasteiger partial charge is 0.267 e. The van der Waals surface area contributed by atoms with E-state index in [1.807, 2.05) is 67.6 Å². The number of fused-ring (bicyclic) bond motifs is 1. The van der Waals surface area contributed by atoms with Crippen molar-refractivity contribution in [2.24, 2.45) is 5.10 Å². The Kier molecular flexibility index (Phi) is 6.40. The fraction of sp³-hybridized carbons (Fsp3) is 0.0435. The van der Waals surface area contributed by atoms with Crippen LogP contribution < -0.4 is 16.3 Å². The first-order valence-corrected chi connectivity index (χ1v) is 10.7. The molecule has 0 saturated heterocycles. The summed E-state index contributed by atoms with van der Waals surface area (Å²) in [6.45, 7) is 2.03. The average molecular weight is 446 g/mol. The van der Waals surface area contributed by atoms with Crippen LogP contribution in [0.15, 0.2) is 98.8 Å². The van der Waals surface area contributed by atoms with E-state index in [1.54, 1.807) is 18.3 Å². The van der Waals surface area contributed by atoms with E-state index in [0.717, 1.165) is 10.6 Å². The summed E-state index contributed by atoms with van der Waals surface area (Å²) in [6.07, 6.45) is 3.15. The van der Waals surface area contributed by atoms with Crippen molar-refractivity contribution in [3.63, 3.8) is 0 Å². The maximum Gasteiger partial charge on any atom is 0.267 e. The van der Waals surface area contributed by atoms with Crippen molar-refractivity contribution < 1.29 is 0 Å². The molecule has 2 aromatic heterocycles. The molecule has 0 atom stereocenters. The van der Waals surface area contributed by atoms with Crippen LogP contribution in [0.25, 0.3) is 5.65 Å². The number of hydrogen-bond donors (Lipinski definition) is 2. The van der Waals surface area contributed by atoms with Crippen molar-refractivity contribution in [3.8, 4) is 0 Å². The molecule has 0 aliphatic heterocycles. The first kappa shape index (κ1) is 20.8. The number of nitrogens with one attached hydrogen (secondary N) is 2. The molecule has 0 spiro atoms. The normalized spacial score (nSPS) is 11.0. The number of rotatable bonds is 5. The van der Waals surface area contributed by atoms with Gasteiger partial charge >= 0.3 is 0 Å². The van der Waals surface area contributed by atoms with Gasteiger partial charge in [0, 0.05) is 16.8 Å². The number of pyridine rings is 1. The molecule has 0 radical (unpaired) electrons. The Bertz CT molecular complexity index is 1300. The molecule has 0 aliphatic carbocycles. The average Bonchev–Trinajstić information content (AvgIpc) is 2.78. The Morgan fingerprint density at radius 1 is 1.06 bits per heavy atom. The zero-order valence-corrected chi connectivity index (χ0v) is 18.3. The number of hydrogen-bond acceptors (Lipinski definition) is 5. The summed E-state index contributed by atoms with van der Waals surface area (Å²) in [5.41, 5.74) is 5.53. The van der Waals surface area contributed by atoms with Crippen molar-refractivity contribution in [1.29, 1.82) is 0 Å². The number of anilines is 1. The first-order chi connectivity index (χ1) is 15.1. The van der Waals surface area contributed by atoms with E-state index >= 15 is 0 Å². The van der Waals surface area contributed by atoms with Crippen molar-refractivity contribution in [2.45, 2.75) is 16.8 Å². The standard InChI is InChI=1S/C23H19N5OS2/c1-16-10-12-18(13-11-16)31-21-19(22(29)28-14-6-5-9-20(28)26-21)15-24-27-23(30)25-17-7-3-2-4-8-17/h2-15H,1H3,(H2,25,27,30)/b24-15-. The topological polar surface area (TPSA) is 70.8 Å². The fourth-order valence-electron chi connectivity index (χ4n) is 2.82. The Balaban J connectivity index is 1.62. The van der Waals surface area contributed by atoms with Gasteiger partial charge in [-0.15, -0.1) is 0 Å². The van der Waals surface area contributed by atoms with Crippen molar-refractivity contribution in [1.82, 2.24) is 14.8 Å². The summed E-state index contributed by atoms with van der Waals surface area (Å²) in [4.78, 5) is 18.8. The van der Waals surface area contributed by atoms with Crippen LogP contribution >= 0.6 is 24.0 Å². The molecule has 2 heterocycles. The van der Waals surface area contributed by atoms with Crippen LogP contribution in [0.1, 0.15) is 11.1 Å². The second kappa shape index (κ2) is 9.55. The van der Waals surface area contributed by atoms with Crippen molar-refractivity contribution >= 4 is 46.6 Å². The van der Waals surface area contributed by atoms with Crippen LogP contribution in [0, 0.1) is 6.92 Å². The third-order valence-electron chi connectivity index (χ3n) is 4.36. The second-order valence-electron chi connectivity index (χ2n) is 6.67. The van der Waals surface area contributed by atoms with Gasteiger partial charge in [-0.25, -0.2) is 4.98 Å². The summed E-state index contributed by atoms with van der Waals surface area (Å²) < 4.78 is 1.50. The number of aromatic nitrogens is 2. The first-order valence-electron chi connectivity index (χ1n) is 9.51. The molecule has 31 heavy (non-hydrogen) atoms. The molecule has 0 saturated carbocycles. The lowest BCUT2D eigenvalue weighted by molar-refractivity contribution is 0.970. The van der Waals surface area contributed by atoms with Crippen LogP contribution in [-0.4, -0.2) is 20.7 Å². The predicted octanol–water partition coefficient (Wildman–Crippen LogP) is 4.47. The van der Waals surface area contributed by atoms with Crippen LogP contribution in [0.5, 0.6) is 0 Å². The molecule has 2 aromatic carbocycles. The second-order valence-corrected chi connectivity index (χ2v) is 8.14. The zero-order chi connectivity index (χ0) is 21.6. The molecule has 0 fully saturated rings. The van der Waals surface area contributed by atoms with Gasteiger partial charge in [-0.2, -0.15) is 5.10 Å². The van der Waals surface area contributed by atoms with Gasteiger partial charge in [-0.05, 0) is 55.5 Å². The molecule has 0 unspecified atom stereocenters. The summed E-state index contributed by atoms with van der Waals surface area (Å²) in [7, 11) is 0. The van der Waals surface area contributed by atoms with E-state index in [1.165, 1.54) is 27.9 Å². The SMILES string of the molecule is Cc1ccc(Sc2nc3ccccn3c(=O)c2/C=N\NC(=S)Nc2ccccc2)cc1. The Morgan fingerprint density at radius 3 is 2.58 bits per heavy atom. The number of aryl methyl sites for hydroxylation is 1. The lowest BCUT2D eigenvalue weighted by Gasteiger charge is -2.09. The fourth-order valence-corrected chi connectivity index (χ4v) is 3.88. The van der Waals surface area contributed by atoms with E-state index in [-0.39, 0.29) is 5.56 Å². The van der Waals surface area contributed by atoms with E-state index in [0.29, 0.717) is 21.3 Å². The third kappa shape index (κ3) is 5.17. The minimum Gasteiger partial charge on any atom is -0.331 e. The monoisotopic (exact) mass is 445 g/mol. The number of hydrazone groups is 1. The van der Waals surface area contributed by atoms with Crippen LogP contribution in [0.3, 0.4) is 0 Å². The van der Waals surface area contributed by atoms with Gasteiger partial charge in [0.25, 0.3) is 5.56 Å². The largest absolute Gasteiger partial charge is 0.331 e. The molecular weight excluding hydrogens is 426 g/mol. The summed E-state index contributed by atoms with van der Waals surface area (Å²) in [6, 6.07) is 23.0. The molecule has 8 heteroatoms. The highest BCUT2D eigenvalue weighted by Gasteiger charge is 2.13. The highest BCUT2D eigenvalue weighted by atomic mass is 32.2. The van der Waals surface area contributed by atoms with Gasteiger partial charge in [0.2, 0.25) is 0 Å². The van der Waals surface area contributed by atoms with E-state index < -0.39 is 0 Å². The maximum absolute atomic E-state index is 13.1. The van der Waals surface area contributed by atoms with Crippen LogP contribution in [0.2, 0.25) is 0 Å². The highest BCUT2D eigenvalue weighted by Crippen LogP contribution is 2.27. The van der Waals surface area contributed by atoms with Crippen LogP contribution in [-0.2, 0) is 0 Å². The summed E-state index contributed by atoms with van der Waals surface area (Å²) >= 11 is 6.69. The van der Waals surface area contributed by atoms with Gasteiger partial charge in [0.05, 0.1) is 11.8 Å². The maximum atomic E-state index is 13.1. The summed E-state index contributed by atoms with van der Waals surface area (Å²) in [5, 5.41) is 8.11. The van der Waals surface area contributed by atoms with E-state index in [2.05, 4.69) is 20.8 Å². The van der Waals surface area contributed by atoms with Gasteiger partial charge < -0.3 is 5.32 Å². The van der Waals surface area contributed by atoms with E-state index in [4.69, 9.17) is 12.2 Å². The van der Waals surface area contributed by atoms with Crippen molar-refractivity contribution in [3.05, 3.63) is 100 Å². The Hall–Kier alpha value is -3.49. The third-order valence-corrected chi connectivity index (χ3v) is 5.57. The van der Waals surface area contributed by atoms with Crippen molar-refractivity contribution in [2.75, 3.05) is 5.32 Å². The van der Waals surface area contributed by atoms with Gasteiger partial charge in [-0.1, -0.05) is 53.7 Å². The molecule has 0 amide bonds. The minimum atomic E-state index is -0.201. The lowest BCUT2D eigenvalue weighted by Crippen LogP contribution is -2.25. The minimum absolute atomic E-state index is 0.201. The molecule has 2 N–H and O–H groups in total. The molecular formula is C23H19N5OS2. The quantitative estimate of drug-likeness (QED) is 0.204. The van der Waals surface area contributed by atoms with Crippen LogP contribution in [0.4, 0.5) is 5.69 Å². The van der Waals surface area contributed by atoms with Gasteiger partial charge in [0.1, 0.15) is 10.7 Å². The van der Waals surface area contributed by atoms with E-state index in [9.17, 15) is 4.79 Å². The lowest BCUT2D eigenvalue weighted by atomic mass is 10.2. The van der Waals surface area contributed by atoms with Gasteiger partial charge in [-0.3, -0.25) is 14.6 Å². The highest BCUT2D eigenvalue weighted by molar-refractivity contribution is 7.99. The number of nitrogens with zero attached hydrogens (tertiary/aromatic N) is 3. The Morgan fingerprint density at radius 2 is 1.81 bits per heavy atom. The number of thiocarbonyl (C=S) groups is 1. The molecule has 0 aliphatic rings. The predicted molar refractivity (Wildman–Crippen MR) is 130 cm³/mol. The number of para-hydroxylation sites is 1. The van der Waals surface area contributed by atoms with Gasteiger partial charge in [0.15, 0.2) is 5.11 Å². The Labute approximate surface area is 189 Å². The molecule has 6 nitrogen and oxygen atoms in total.